The summed E-state index contributed by atoms with van der Waals surface area (Å²) in [4.78, 5) is 2.40. The summed E-state index contributed by atoms with van der Waals surface area (Å²) in [6.07, 6.45) is 1.51. The smallest absolute Gasteiger partial charge is 0.0710 e. The molecule has 88 valence electrons. The third kappa shape index (κ3) is 3.20. The van der Waals surface area contributed by atoms with Gasteiger partial charge in [-0.3, -0.25) is 4.90 Å². The summed E-state index contributed by atoms with van der Waals surface area (Å²) >= 11 is 9.48. The Labute approximate surface area is 110 Å². The van der Waals surface area contributed by atoms with Crippen molar-refractivity contribution in [3.8, 4) is 0 Å². The lowest BCUT2D eigenvalue weighted by Gasteiger charge is -2.16. The molecule has 0 N–H and O–H groups in total. The van der Waals surface area contributed by atoms with Crippen molar-refractivity contribution in [1.82, 2.24) is 4.90 Å². The van der Waals surface area contributed by atoms with Crippen LogP contribution in [0.25, 0.3) is 0 Å². The number of benzene rings is 1. The molecule has 2 rings (SSSR count). The molecule has 0 radical (unpaired) electrons. The van der Waals surface area contributed by atoms with E-state index >= 15 is 0 Å². The highest BCUT2D eigenvalue weighted by atomic mass is 79.9. The van der Waals surface area contributed by atoms with Crippen LogP contribution < -0.4 is 0 Å². The van der Waals surface area contributed by atoms with Gasteiger partial charge in [0.1, 0.15) is 0 Å². The van der Waals surface area contributed by atoms with Crippen molar-refractivity contribution >= 4 is 27.5 Å². The zero-order valence-electron chi connectivity index (χ0n) is 9.25. The second-order valence-electron chi connectivity index (χ2n) is 4.16. The molecule has 1 saturated heterocycles. The van der Waals surface area contributed by atoms with E-state index in [4.69, 9.17) is 16.3 Å². The molecule has 1 atom stereocenters. The monoisotopic (exact) mass is 303 g/mol. The summed E-state index contributed by atoms with van der Waals surface area (Å²) in [5.74, 6) is 0. The van der Waals surface area contributed by atoms with Gasteiger partial charge in [-0.15, -0.1) is 0 Å². The van der Waals surface area contributed by atoms with E-state index in [1.54, 1.807) is 7.11 Å². The van der Waals surface area contributed by atoms with Crippen LogP contribution in [0.2, 0.25) is 5.02 Å². The average molecular weight is 305 g/mol. The second-order valence-corrected chi connectivity index (χ2v) is 5.51. The van der Waals surface area contributed by atoms with Crippen LogP contribution in [-0.4, -0.2) is 31.2 Å². The maximum Gasteiger partial charge on any atom is 0.0710 e. The highest BCUT2D eigenvalue weighted by Crippen LogP contribution is 2.22. The highest BCUT2D eigenvalue weighted by Gasteiger charge is 2.21. The van der Waals surface area contributed by atoms with E-state index < -0.39 is 0 Å². The molecule has 1 unspecified atom stereocenters. The predicted octanol–water partition coefficient (Wildman–Crippen LogP) is 3.32. The molecule has 4 heteroatoms. The van der Waals surface area contributed by atoms with Crippen LogP contribution in [0.4, 0.5) is 0 Å². The molecule has 1 aliphatic heterocycles. The molecule has 0 bridgehead atoms. The Morgan fingerprint density at radius 2 is 2.31 bits per heavy atom. The SMILES string of the molecule is COC1CCN(Cc2cc(Cl)cc(Br)c2)C1. The first kappa shape index (κ1) is 12.4. The predicted molar refractivity (Wildman–Crippen MR) is 69.8 cm³/mol. The third-order valence-electron chi connectivity index (χ3n) is 2.89. The molecule has 1 aromatic rings. The van der Waals surface area contributed by atoms with Gasteiger partial charge in [-0.1, -0.05) is 27.5 Å². The van der Waals surface area contributed by atoms with Gasteiger partial charge >= 0.3 is 0 Å². The number of hydrogen-bond donors (Lipinski definition) is 0. The lowest BCUT2D eigenvalue weighted by atomic mass is 10.2. The van der Waals surface area contributed by atoms with E-state index in [9.17, 15) is 0 Å². The molecule has 1 fully saturated rings. The van der Waals surface area contributed by atoms with Crippen LogP contribution in [0, 0.1) is 0 Å². The maximum atomic E-state index is 6.02. The molecule has 0 amide bonds. The van der Waals surface area contributed by atoms with E-state index in [0.29, 0.717) is 6.10 Å². The van der Waals surface area contributed by atoms with Gasteiger partial charge in [0.2, 0.25) is 0 Å². The minimum absolute atomic E-state index is 0.391. The Balaban J connectivity index is 1.99. The molecule has 2 nitrogen and oxygen atoms in total. The van der Waals surface area contributed by atoms with Crippen molar-refractivity contribution in [3.05, 3.63) is 33.3 Å². The van der Waals surface area contributed by atoms with Gasteiger partial charge in [-0.05, 0) is 30.2 Å². The standard InChI is InChI=1S/C12H15BrClNO/c1-16-12-2-3-15(8-12)7-9-4-10(13)6-11(14)5-9/h4-6,12H,2-3,7-8H2,1H3. The largest absolute Gasteiger partial charge is 0.380 e. The number of halogens is 2. The van der Waals surface area contributed by atoms with Gasteiger partial charge < -0.3 is 4.74 Å². The van der Waals surface area contributed by atoms with E-state index in [0.717, 1.165) is 35.6 Å². The number of ether oxygens (including phenoxy) is 1. The Kier molecular flexibility index (Phi) is 4.25. The summed E-state index contributed by atoms with van der Waals surface area (Å²) in [6.45, 7) is 3.06. The molecule has 0 saturated carbocycles. The van der Waals surface area contributed by atoms with Gasteiger partial charge in [0.25, 0.3) is 0 Å². The van der Waals surface area contributed by atoms with Gasteiger partial charge in [-0.2, -0.15) is 0 Å². The summed E-state index contributed by atoms with van der Waals surface area (Å²) in [7, 11) is 1.78. The van der Waals surface area contributed by atoms with Crippen molar-refractivity contribution in [1.29, 1.82) is 0 Å². The molecule has 0 aromatic heterocycles. The topological polar surface area (TPSA) is 12.5 Å². The molecule has 1 aliphatic rings. The van der Waals surface area contributed by atoms with Gasteiger partial charge in [0.15, 0.2) is 0 Å². The van der Waals surface area contributed by atoms with Crippen molar-refractivity contribution in [2.45, 2.75) is 19.1 Å². The summed E-state index contributed by atoms with van der Waals surface area (Å²) in [5, 5.41) is 0.784. The Hall–Kier alpha value is -0.0900. The van der Waals surface area contributed by atoms with E-state index in [-0.39, 0.29) is 0 Å². The Bertz CT molecular complexity index is 352. The van der Waals surface area contributed by atoms with Crippen molar-refractivity contribution in [2.75, 3.05) is 20.2 Å². The first-order valence-electron chi connectivity index (χ1n) is 5.37. The minimum atomic E-state index is 0.391. The summed E-state index contributed by atoms with van der Waals surface area (Å²) in [5.41, 5.74) is 1.25. The fraction of sp³-hybridized carbons (Fsp3) is 0.500. The normalized spacial score (nSPS) is 21.6. The number of hydrogen-bond acceptors (Lipinski definition) is 2. The van der Waals surface area contributed by atoms with Gasteiger partial charge in [0.05, 0.1) is 6.10 Å². The second kappa shape index (κ2) is 5.50. The number of methoxy groups -OCH3 is 1. The van der Waals surface area contributed by atoms with Crippen LogP contribution in [0.5, 0.6) is 0 Å². The summed E-state index contributed by atoms with van der Waals surface area (Å²) < 4.78 is 6.39. The zero-order valence-corrected chi connectivity index (χ0v) is 11.6. The fourth-order valence-corrected chi connectivity index (χ4v) is 3.02. The van der Waals surface area contributed by atoms with Crippen LogP contribution in [0.3, 0.4) is 0 Å². The Morgan fingerprint density at radius 1 is 1.50 bits per heavy atom. The van der Waals surface area contributed by atoms with E-state index in [1.807, 2.05) is 12.1 Å². The number of rotatable bonds is 3. The molecular formula is C12H15BrClNO. The molecule has 1 heterocycles. The van der Waals surface area contributed by atoms with Crippen LogP contribution >= 0.6 is 27.5 Å². The van der Waals surface area contributed by atoms with E-state index in [2.05, 4.69) is 26.9 Å². The lowest BCUT2D eigenvalue weighted by molar-refractivity contribution is 0.107. The first-order valence-corrected chi connectivity index (χ1v) is 6.54. The highest BCUT2D eigenvalue weighted by molar-refractivity contribution is 9.10. The summed E-state index contributed by atoms with van der Waals surface area (Å²) in [6, 6.07) is 6.05. The molecule has 16 heavy (non-hydrogen) atoms. The van der Waals surface area contributed by atoms with Crippen molar-refractivity contribution in [3.63, 3.8) is 0 Å². The van der Waals surface area contributed by atoms with Gasteiger partial charge in [0, 0.05) is 36.2 Å². The van der Waals surface area contributed by atoms with Crippen molar-refractivity contribution in [2.24, 2.45) is 0 Å². The van der Waals surface area contributed by atoms with Crippen LogP contribution in [0.1, 0.15) is 12.0 Å². The number of likely N-dealkylation sites (tertiary alicyclic amines) is 1. The zero-order chi connectivity index (χ0) is 11.5. The quantitative estimate of drug-likeness (QED) is 0.849. The van der Waals surface area contributed by atoms with E-state index in [1.165, 1.54) is 5.56 Å². The fourth-order valence-electron chi connectivity index (χ4n) is 2.09. The molecule has 0 aliphatic carbocycles. The minimum Gasteiger partial charge on any atom is -0.380 e. The van der Waals surface area contributed by atoms with Gasteiger partial charge in [-0.25, -0.2) is 0 Å². The molecular weight excluding hydrogens is 289 g/mol. The Morgan fingerprint density at radius 3 is 2.94 bits per heavy atom. The van der Waals surface area contributed by atoms with Crippen molar-refractivity contribution < 1.29 is 4.74 Å². The molecule has 1 aromatic carbocycles. The first-order chi connectivity index (χ1) is 7.67. The van der Waals surface area contributed by atoms with Crippen LogP contribution in [0.15, 0.2) is 22.7 Å². The maximum absolute atomic E-state index is 6.02. The number of nitrogens with zero attached hydrogens (tertiary/aromatic N) is 1. The lowest BCUT2D eigenvalue weighted by Crippen LogP contribution is -2.22. The van der Waals surface area contributed by atoms with Crippen LogP contribution in [-0.2, 0) is 11.3 Å². The molecule has 0 spiro atoms. The average Bonchev–Trinajstić information content (AvgIpc) is 2.64. The third-order valence-corrected chi connectivity index (χ3v) is 3.57.